The Morgan fingerprint density at radius 3 is 2.57 bits per heavy atom. The molecule has 1 aromatic heterocycles. The molecule has 0 unspecified atom stereocenters. The lowest BCUT2D eigenvalue weighted by molar-refractivity contribution is -0.0120. The fourth-order valence-corrected chi connectivity index (χ4v) is 6.47. The van der Waals surface area contributed by atoms with Gasteiger partial charge < -0.3 is 10.1 Å². The number of carbonyl (C=O) groups is 1. The number of halogens is 2. The van der Waals surface area contributed by atoms with Crippen LogP contribution in [0.1, 0.15) is 42.6 Å². The predicted molar refractivity (Wildman–Crippen MR) is 110 cm³/mol. The van der Waals surface area contributed by atoms with Gasteiger partial charge in [0, 0.05) is 17.3 Å². The summed E-state index contributed by atoms with van der Waals surface area (Å²) in [5.74, 6) is 3.74. The van der Waals surface area contributed by atoms with Gasteiger partial charge >= 0.3 is 0 Å². The number of nitrogens with zero attached hydrogens (tertiary/aromatic N) is 2. The fourth-order valence-electron chi connectivity index (χ4n) is 5.67. The van der Waals surface area contributed by atoms with Gasteiger partial charge in [0.1, 0.15) is 11.4 Å². The first-order valence-electron chi connectivity index (χ1n) is 9.97. The summed E-state index contributed by atoms with van der Waals surface area (Å²) in [7, 11) is 0. The third-order valence-corrected chi connectivity index (χ3v) is 7.50. The van der Waals surface area contributed by atoms with Crippen LogP contribution < -0.4 is 10.1 Å². The molecule has 148 valence electrons. The Balaban J connectivity index is 1.20. The Hall–Kier alpha value is -1.53. The first-order chi connectivity index (χ1) is 13.5. The molecule has 2 aromatic rings. The van der Waals surface area contributed by atoms with Crippen LogP contribution in [0.5, 0.6) is 5.75 Å². The SMILES string of the molecule is O=C(NC1C2CC3CC(C2)CC1C3)c1ccn(COc2ccc(Cl)cc2Br)n1. The van der Waals surface area contributed by atoms with Gasteiger partial charge in [-0.25, -0.2) is 4.68 Å². The summed E-state index contributed by atoms with van der Waals surface area (Å²) in [5, 5.41) is 8.34. The molecule has 6 rings (SSSR count). The minimum absolute atomic E-state index is 0.0658. The zero-order valence-electron chi connectivity index (χ0n) is 15.5. The summed E-state index contributed by atoms with van der Waals surface area (Å²) in [6, 6.07) is 7.44. The Morgan fingerprint density at radius 2 is 1.89 bits per heavy atom. The van der Waals surface area contributed by atoms with Crippen LogP contribution in [0, 0.1) is 23.7 Å². The number of nitrogens with one attached hydrogen (secondary N) is 1. The maximum atomic E-state index is 12.8. The molecule has 1 aromatic carbocycles. The van der Waals surface area contributed by atoms with E-state index in [4.69, 9.17) is 16.3 Å². The number of amides is 1. The summed E-state index contributed by atoms with van der Waals surface area (Å²) in [6.07, 6.45) is 8.34. The molecule has 0 saturated heterocycles. The van der Waals surface area contributed by atoms with Crippen molar-refractivity contribution in [3.63, 3.8) is 0 Å². The minimum atomic E-state index is -0.0658. The van der Waals surface area contributed by atoms with Gasteiger partial charge in [0.15, 0.2) is 6.73 Å². The Kier molecular flexibility index (Phi) is 4.87. The average molecular weight is 465 g/mol. The smallest absolute Gasteiger partial charge is 0.272 e. The van der Waals surface area contributed by atoms with Crippen LogP contribution in [0.3, 0.4) is 0 Å². The zero-order chi connectivity index (χ0) is 19.3. The number of aromatic nitrogens is 2. The van der Waals surface area contributed by atoms with Gasteiger partial charge in [0.2, 0.25) is 0 Å². The fraction of sp³-hybridized carbons (Fsp3) is 0.524. The Bertz CT molecular complexity index is 872. The molecule has 1 amide bonds. The van der Waals surface area contributed by atoms with Gasteiger partial charge in [-0.3, -0.25) is 4.79 Å². The molecule has 0 spiro atoms. The minimum Gasteiger partial charge on any atom is -0.470 e. The van der Waals surface area contributed by atoms with Gasteiger partial charge in [-0.05, 0) is 96.0 Å². The van der Waals surface area contributed by atoms with Crippen molar-refractivity contribution in [2.45, 2.75) is 44.9 Å². The van der Waals surface area contributed by atoms with Crippen molar-refractivity contribution in [3.05, 3.63) is 45.7 Å². The second kappa shape index (κ2) is 7.38. The van der Waals surface area contributed by atoms with E-state index >= 15 is 0 Å². The summed E-state index contributed by atoms with van der Waals surface area (Å²) < 4.78 is 8.18. The molecule has 0 aliphatic heterocycles. The first-order valence-corrected chi connectivity index (χ1v) is 11.1. The number of hydrogen-bond donors (Lipinski definition) is 1. The molecule has 1 N–H and O–H groups in total. The normalized spacial score (nSPS) is 30.4. The average Bonchev–Trinajstić information content (AvgIpc) is 3.12. The molecule has 0 atom stereocenters. The summed E-state index contributed by atoms with van der Waals surface area (Å²) in [6.45, 7) is 0.228. The highest BCUT2D eigenvalue weighted by molar-refractivity contribution is 9.10. The quantitative estimate of drug-likeness (QED) is 0.685. The number of carbonyl (C=O) groups excluding carboxylic acids is 1. The molecule has 4 bridgehead atoms. The van der Waals surface area contributed by atoms with Crippen molar-refractivity contribution < 1.29 is 9.53 Å². The van der Waals surface area contributed by atoms with Crippen molar-refractivity contribution in [2.24, 2.45) is 23.7 Å². The maximum Gasteiger partial charge on any atom is 0.272 e. The molecular formula is C21H23BrClN3O2. The number of hydrogen-bond acceptors (Lipinski definition) is 3. The van der Waals surface area contributed by atoms with E-state index in [0.717, 1.165) is 16.3 Å². The van der Waals surface area contributed by atoms with Crippen LogP contribution >= 0.6 is 27.5 Å². The van der Waals surface area contributed by atoms with E-state index in [2.05, 4.69) is 26.3 Å². The van der Waals surface area contributed by atoms with E-state index < -0.39 is 0 Å². The van der Waals surface area contributed by atoms with E-state index in [-0.39, 0.29) is 12.6 Å². The van der Waals surface area contributed by atoms with Crippen molar-refractivity contribution in [1.29, 1.82) is 0 Å². The topological polar surface area (TPSA) is 56.2 Å². The lowest BCUT2D eigenvalue weighted by Crippen LogP contribution is -2.55. The number of benzene rings is 1. The van der Waals surface area contributed by atoms with Crippen molar-refractivity contribution in [2.75, 3.05) is 0 Å². The standard InChI is InChI=1S/C21H23BrClN3O2/c22-17-10-16(23)1-2-19(17)28-11-26-4-3-18(25-26)21(27)24-20-14-6-12-5-13(8-14)9-15(20)7-12/h1-4,10,12-15,20H,5-9,11H2,(H,24,27). The highest BCUT2D eigenvalue weighted by Gasteiger charge is 2.48. The Labute approximate surface area is 177 Å². The molecule has 7 heteroatoms. The van der Waals surface area contributed by atoms with E-state index in [1.165, 1.54) is 32.1 Å². The van der Waals surface area contributed by atoms with Crippen LogP contribution in [0.15, 0.2) is 34.9 Å². The highest BCUT2D eigenvalue weighted by atomic mass is 79.9. The molecular weight excluding hydrogens is 442 g/mol. The third-order valence-electron chi connectivity index (χ3n) is 6.64. The third kappa shape index (κ3) is 3.57. The molecule has 5 nitrogen and oxygen atoms in total. The summed E-state index contributed by atoms with van der Waals surface area (Å²) >= 11 is 9.38. The van der Waals surface area contributed by atoms with Crippen LogP contribution in [-0.2, 0) is 6.73 Å². The van der Waals surface area contributed by atoms with Crippen LogP contribution in [0.25, 0.3) is 0 Å². The molecule has 1 heterocycles. The van der Waals surface area contributed by atoms with Gasteiger partial charge in [-0.1, -0.05) is 11.6 Å². The second-order valence-corrected chi connectivity index (χ2v) is 9.81. The largest absolute Gasteiger partial charge is 0.470 e. The highest BCUT2D eigenvalue weighted by Crippen LogP contribution is 2.53. The summed E-state index contributed by atoms with van der Waals surface area (Å²) in [4.78, 5) is 12.8. The van der Waals surface area contributed by atoms with E-state index in [0.29, 0.717) is 34.3 Å². The molecule has 4 aliphatic rings. The molecule has 28 heavy (non-hydrogen) atoms. The van der Waals surface area contributed by atoms with E-state index in [1.54, 1.807) is 35.1 Å². The second-order valence-electron chi connectivity index (χ2n) is 8.52. The van der Waals surface area contributed by atoms with Gasteiger partial charge in [0.05, 0.1) is 4.47 Å². The summed E-state index contributed by atoms with van der Waals surface area (Å²) in [5.41, 5.74) is 0.451. The van der Waals surface area contributed by atoms with E-state index in [9.17, 15) is 4.79 Å². The van der Waals surface area contributed by atoms with Crippen molar-refractivity contribution in [1.82, 2.24) is 15.1 Å². The molecule has 4 aliphatic carbocycles. The molecule has 4 saturated carbocycles. The lowest BCUT2D eigenvalue weighted by atomic mass is 9.54. The first kappa shape index (κ1) is 18.5. The monoisotopic (exact) mass is 463 g/mol. The zero-order valence-corrected chi connectivity index (χ0v) is 17.8. The van der Waals surface area contributed by atoms with Crippen LogP contribution in [-0.4, -0.2) is 21.7 Å². The molecule has 0 radical (unpaired) electrons. The van der Waals surface area contributed by atoms with Gasteiger partial charge in [0.25, 0.3) is 5.91 Å². The molecule has 4 fully saturated rings. The van der Waals surface area contributed by atoms with Gasteiger partial charge in [-0.15, -0.1) is 0 Å². The predicted octanol–water partition coefficient (Wildman–Crippen LogP) is 4.89. The Morgan fingerprint density at radius 1 is 1.18 bits per heavy atom. The van der Waals surface area contributed by atoms with Crippen LogP contribution in [0.2, 0.25) is 5.02 Å². The number of ether oxygens (including phenoxy) is 1. The number of rotatable bonds is 5. The van der Waals surface area contributed by atoms with Crippen LogP contribution in [0.4, 0.5) is 0 Å². The maximum absolute atomic E-state index is 12.8. The lowest BCUT2D eigenvalue weighted by Gasteiger charge is -2.54. The van der Waals surface area contributed by atoms with E-state index in [1.807, 2.05) is 0 Å². The van der Waals surface area contributed by atoms with Crippen molar-refractivity contribution in [3.8, 4) is 5.75 Å². The van der Waals surface area contributed by atoms with Gasteiger partial charge in [-0.2, -0.15) is 5.10 Å². The van der Waals surface area contributed by atoms with Crippen molar-refractivity contribution >= 4 is 33.4 Å².